The molecule has 1 amide bonds. The van der Waals surface area contributed by atoms with Gasteiger partial charge in [-0.2, -0.15) is 0 Å². The summed E-state index contributed by atoms with van der Waals surface area (Å²) in [5.74, 6) is 0.0155. The molecular formula is C13H19N3O. The number of aromatic nitrogens is 1. The van der Waals surface area contributed by atoms with Crippen molar-refractivity contribution >= 4 is 11.6 Å². The summed E-state index contributed by atoms with van der Waals surface area (Å²) in [6, 6.07) is 2.27. The minimum Gasteiger partial charge on any atom is -0.397 e. The van der Waals surface area contributed by atoms with Gasteiger partial charge in [0.05, 0.1) is 5.69 Å². The van der Waals surface area contributed by atoms with Crippen LogP contribution in [-0.2, 0) is 0 Å². The van der Waals surface area contributed by atoms with Crippen molar-refractivity contribution in [3.63, 3.8) is 0 Å². The van der Waals surface area contributed by atoms with Gasteiger partial charge in [0, 0.05) is 18.8 Å². The van der Waals surface area contributed by atoms with Crippen LogP contribution in [0, 0.1) is 5.41 Å². The smallest absolute Gasteiger partial charge is 0.268 e. The molecule has 0 radical (unpaired) electrons. The number of nitrogens with zero attached hydrogens (tertiary/aromatic N) is 1. The van der Waals surface area contributed by atoms with Crippen molar-refractivity contribution in [1.29, 1.82) is 0 Å². The highest BCUT2D eigenvalue weighted by Crippen LogP contribution is 2.44. The number of nitrogens with two attached hydrogens (primary N) is 1. The van der Waals surface area contributed by atoms with E-state index in [1.165, 1.54) is 12.8 Å². The number of hydrogen-bond donors (Lipinski definition) is 2. The van der Waals surface area contributed by atoms with Crippen molar-refractivity contribution in [3.05, 3.63) is 18.0 Å². The molecule has 4 nitrogen and oxygen atoms in total. The third-order valence-corrected chi connectivity index (χ3v) is 3.82. The summed E-state index contributed by atoms with van der Waals surface area (Å²) in [4.78, 5) is 12.1. The van der Waals surface area contributed by atoms with Gasteiger partial charge in [0.2, 0.25) is 0 Å². The summed E-state index contributed by atoms with van der Waals surface area (Å²) in [5.41, 5.74) is 7.52. The Bertz CT molecular complexity index is 455. The molecule has 0 spiro atoms. The summed E-state index contributed by atoms with van der Waals surface area (Å²) >= 11 is 0. The average Bonchev–Trinajstić information content (AvgIpc) is 3.19. The number of anilines is 1. The van der Waals surface area contributed by atoms with Gasteiger partial charge in [0.15, 0.2) is 0 Å². The van der Waals surface area contributed by atoms with Crippen LogP contribution in [0.2, 0.25) is 0 Å². The van der Waals surface area contributed by atoms with Crippen LogP contribution in [0.3, 0.4) is 0 Å². The first-order valence-electron chi connectivity index (χ1n) is 6.33. The molecule has 92 valence electrons. The van der Waals surface area contributed by atoms with Crippen LogP contribution in [0.15, 0.2) is 12.3 Å². The molecule has 3 N–H and O–H groups in total. The quantitative estimate of drug-likeness (QED) is 0.834. The molecule has 3 rings (SSSR count). The first-order valence-corrected chi connectivity index (χ1v) is 6.33. The Kier molecular flexibility index (Phi) is 2.21. The second-order valence-electron chi connectivity index (χ2n) is 5.79. The lowest BCUT2D eigenvalue weighted by Gasteiger charge is -2.11. The fourth-order valence-electron chi connectivity index (χ4n) is 2.11. The predicted octanol–water partition coefficient (Wildman–Crippen LogP) is 1.94. The SMILES string of the molecule is CC1(CNC(=O)c2cc(N)cn2C2CC2)CC1. The van der Waals surface area contributed by atoms with E-state index in [0.717, 1.165) is 19.4 Å². The average molecular weight is 233 g/mol. The molecule has 2 aliphatic rings. The summed E-state index contributed by atoms with van der Waals surface area (Å²) in [6.45, 7) is 2.99. The molecule has 1 aromatic heterocycles. The number of rotatable bonds is 4. The normalized spacial score (nSPS) is 21.2. The van der Waals surface area contributed by atoms with E-state index in [0.29, 0.717) is 22.8 Å². The molecule has 0 aromatic carbocycles. The van der Waals surface area contributed by atoms with Gasteiger partial charge in [-0.05, 0) is 37.2 Å². The van der Waals surface area contributed by atoms with E-state index in [9.17, 15) is 4.79 Å². The number of nitrogens with one attached hydrogen (secondary N) is 1. The first kappa shape index (κ1) is 10.7. The lowest BCUT2D eigenvalue weighted by molar-refractivity contribution is 0.0936. The van der Waals surface area contributed by atoms with E-state index in [1.807, 2.05) is 10.8 Å². The predicted molar refractivity (Wildman–Crippen MR) is 66.8 cm³/mol. The summed E-state index contributed by atoms with van der Waals surface area (Å²) in [6.07, 6.45) is 6.64. The Hall–Kier alpha value is -1.45. The Morgan fingerprint density at radius 1 is 1.59 bits per heavy atom. The minimum absolute atomic E-state index is 0.0155. The van der Waals surface area contributed by atoms with Crippen molar-refractivity contribution in [2.75, 3.05) is 12.3 Å². The molecule has 4 heteroatoms. The fraction of sp³-hybridized carbons (Fsp3) is 0.615. The van der Waals surface area contributed by atoms with Crippen LogP contribution in [0.5, 0.6) is 0 Å². The van der Waals surface area contributed by atoms with Gasteiger partial charge in [-0.3, -0.25) is 4.79 Å². The van der Waals surface area contributed by atoms with Crippen molar-refractivity contribution < 1.29 is 4.79 Å². The van der Waals surface area contributed by atoms with E-state index in [4.69, 9.17) is 5.73 Å². The zero-order valence-corrected chi connectivity index (χ0v) is 10.2. The molecule has 1 heterocycles. The Morgan fingerprint density at radius 3 is 2.88 bits per heavy atom. The van der Waals surface area contributed by atoms with Crippen molar-refractivity contribution in [2.45, 2.75) is 38.6 Å². The van der Waals surface area contributed by atoms with Gasteiger partial charge < -0.3 is 15.6 Å². The lowest BCUT2D eigenvalue weighted by atomic mass is 10.1. The maximum Gasteiger partial charge on any atom is 0.268 e. The third kappa shape index (κ3) is 2.16. The van der Waals surface area contributed by atoms with Gasteiger partial charge in [-0.25, -0.2) is 0 Å². The van der Waals surface area contributed by atoms with Gasteiger partial charge >= 0.3 is 0 Å². The molecule has 0 bridgehead atoms. The number of amides is 1. The van der Waals surface area contributed by atoms with Crippen molar-refractivity contribution in [1.82, 2.24) is 9.88 Å². The number of nitrogen functional groups attached to an aromatic ring is 1. The molecule has 2 aliphatic carbocycles. The van der Waals surface area contributed by atoms with Crippen molar-refractivity contribution in [3.8, 4) is 0 Å². The Labute approximate surface area is 101 Å². The zero-order chi connectivity index (χ0) is 12.0. The minimum atomic E-state index is 0.0155. The van der Waals surface area contributed by atoms with E-state index >= 15 is 0 Å². The van der Waals surface area contributed by atoms with Gasteiger partial charge in [0.25, 0.3) is 5.91 Å². The van der Waals surface area contributed by atoms with Crippen molar-refractivity contribution in [2.24, 2.45) is 5.41 Å². The Morgan fingerprint density at radius 2 is 2.29 bits per heavy atom. The highest BCUT2D eigenvalue weighted by atomic mass is 16.1. The highest BCUT2D eigenvalue weighted by molar-refractivity contribution is 5.94. The van der Waals surface area contributed by atoms with Crippen LogP contribution < -0.4 is 11.1 Å². The number of carbonyl (C=O) groups is 1. The molecule has 0 atom stereocenters. The van der Waals surface area contributed by atoms with Crippen LogP contribution in [0.1, 0.15) is 49.1 Å². The maximum atomic E-state index is 12.1. The summed E-state index contributed by atoms with van der Waals surface area (Å²) < 4.78 is 2.03. The van der Waals surface area contributed by atoms with Crippen LogP contribution in [0.4, 0.5) is 5.69 Å². The van der Waals surface area contributed by atoms with Crippen LogP contribution >= 0.6 is 0 Å². The van der Waals surface area contributed by atoms with E-state index in [1.54, 1.807) is 6.07 Å². The number of carbonyl (C=O) groups excluding carboxylic acids is 1. The lowest BCUT2D eigenvalue weighted by Crippen LogP contribution is -2.30. The maximum absolute atomic E-state index is 12.1. The molecule has 0 unspecified atom stereocenters. The molecule has 0 saturated heterocycles. The zero-order valence-electron chi connectivity index (χ0n) is 10.2. The molecule has 0 aliphatic heterocycles. The van der Waals surface area contributed by atoms with E-state index in [-0.39, 0.29) is 5.91 Å². The third-order valence-electron chi connectivity index (χ3n) is 3.82. The van der Waals surface area contributed by atoms with Gasteiger partial charge in [0.1, 0.15) is 5.69 Å². The molecule has 1 aromatic rings. The largest absolute Gasteiger partial charge is 0.397 e. The topological polar surface area (TPSA) is 60.1 Å². The number of hydrogen-bond acceptors (Lipinski definition) is 2. The van der Waals surface area contributed by atoms with E-state index < -0.39 is 0 Å². The first-order chi connectivity index (χ1) is 8.07. The highest BCUT2D eigenvalue weighted by Gasteiger charge is 2.37. The van der Waals surface area contributed by atoms with Crippen LogP contribution in [-0.4, -0.2) is 17.0 Å². The standard InChI is InChI=1S/C13H19N3O/c1-13(4-5-13)8-15-12(17)11-6-9(14)7-16(11)10-2-3-10/h6-7,10H,2-5,8,14H2,1H3,(H,15,17). The fourth-order valence-corrected chi connectivity index (χ4v) is 2.11. The second-order valence-corrected chi connectivity index (χ2v) is 5.79. The molecule has 2 fully saturated rings. The van der Waals surface area contributed by atoms with Gasteiger partial charge in [-0.1, -0.05) is 6.92 Å². The van der Waals surface area contributed by atoms with Crippen LogP contribution in [0.25, 0.3) is 0 Å². The van der Waals surface area contributed by atoms with Gasteiger partial charge in [-0.15, -0.1) is 0 Å². The summed E-state index contributed by atoms with van der Waals surface area (Å²) in [7, 11) is 0. The second kappa shape index (κ2) is 3.52. The molecule has 17 heavy (non-hydrogen) atoms. The monoisotopic (exact) mass is 233 g/mol. The Balaban J connectivity index is 1.71. The van der Waals surface area contributed by atoms with E-state index in [2.05, 4.69) is 12.2 Å². The molecule has 2 saturated carbocycles. The summed E-state index contributed by atoms with van der Waals surface area (Å²) in [5, 5.41) is 3.02. The molecular weight excluding hydrogens is 214 g/mol.